The van der Waals surface area contributed by atoms with Crippen LogP contribution in [0.5, 0.6) is 0 Å². The van der Waals surface area contributed by atoms with Gasteiger partial charge in [0.05, 0.1) is 6.54 Å². The highest BCUT2D eigenvalue weighted by molar-refractivity contribution is 5.69. The molecule has 0 atom stereocenters. The maximum atomic E-state index is 10.4. The van der Waals surface area contributed by atoms with Gasteiger partial charge in [0, 0.05) is 13.1 Å². The smallest absolute Gasteiger partial charge is 0.317 e. The average Bonchev–Trinajstić information content (AvgIpc) is 2.04. The largest absolute Gasteiger partial charge is 0.480 e. The van der Waals surface area contributed by atoms with E-state index < -0.39 is 5.97 Å². The fourth-order valence-corrected chi connectivity index (χ4v) is 1.06. The lowest BCUT2D eigenvalue weighted by atomic mass is 10.4. The van der Waals surface area contributed by atoms with Crippen molar-refractivity contribution >= 4 is 12.4 Å². The Balaban J connectivity index is 3.65. The number of aliphatic carboxylic acids is 1. The van der Waals surface area contributed by atoms with Crippen LogP contribution < -0.4 is 5.32 Å². The second-order valence-electron chi connectivity index (χ2n) is 2.74. The highest BCUT2D eigenvalue weighted by atomic mass is 16.4. The average molecular weight is 188 g/mol. The first-order chi connectivity index (χ1) is 6.20. The zero-order valence-electron chi connectivity index (χ0n) is 7.82. The normalized spacial score (nSPS) is 10.0. The molecule has 0 bridgehead atoms. The lowest BCUT2D eigenvalue weighted by Crippen LogP contribution is -2.36. The predicted octanol–water partition coefficient (Wildman–Crippen LogP) is -0.471. The highest BCUT2D eigenvalue weighted by Gasteiger charge is 2.07. The molecule has 5 heteroatoms. The number of nitrogens with one attached hydrogen (secondary N) is 1. The Labute approximate surface area is 77.7 Å². The molecule has 76 valence electrons. The molecule has 0 unspecified atom stereocenters. The second-order valence-corrected chi connectivity index (χ2v) is 2.74. The summed E-state index contributed by atoms with van der Waals surface area (Å²) in [6, 6.07) is 0. The maximum absolute atomic E-state index is 10.4. The van der Waals surface area contributed by atoms with Crippen LogP contribution in [0.2, 0.25) is 0 Å². The molecule has 5 nitrogen and oxygen atoms in total. The molecule has 13 heavy (non-hydrogen) atoms. The summed E-state index contributed by atoms with van der Waals surface area (Å²) in [4.78, 5) is 22.1. The zero-order valence-corrected chi connectivity index (χ0v) is 7.82. The van der Waals surface area contributed by atoms with Crippen LogP contribution in [0.25, 0.3) is 0 Å². The number of rotatable bonds is 8. The van der Waals surface area contributed by atoms with Crippen molar-refractivity contribution in [2.75, 3.05) is 26.2 Å². The molecule has 0 rings (SSSR count). The number of nitrogens with zero attached hydrogens (tertiary/aromatic N) is 1. The van der Waals surface area contributed by atoms with E-state index in [4.69, 9.17) is 5.11 Å². The van der Waals surface area contributed by atoms with Crippen LogP contribution in [0.3, 0.4) is 0 Å². The number of carboxylic acids is 1. The second kappa shape index (κ2) is 7.54. The topological polar surface area (TPSA) is 69.6 Å². The van der Waals surface area contributed by atoms with E-state index in [1.807, 2.05) is 6.92 Å². The summed E-state index contributed by atoms with van der Waals surface area (Å²) < 4.78 is 0. The van der Waals surface area contributed by atoms with Crippen molar-refractivity contribution in [1.29, 1.82) is 0 Å². The van der Waals surface area contributed by atoms with Crippen LogP contribution in [0.15, 0.2) is 0 Å². The summed E-state index contributed by atoms with van der Waals surface area (Å²) in [7, 11) is 0. The minimum absolute atomic E-state index is 0.0361. The Bertz CT molecular complexity index is 161. The van der Waals surface area contributed by atoms with Crippen molar-refractivity contribution in [2.45, 2.75) is 13.3 Å². The van der Waals surface area contributed by atoms with Crippen LogP contribution in [0.1, 0.15) is 13.3 Å². The van der Waals surface area contributed by atoms with Crippen molar-refractivity contribution in [1.82, 2.24) is 10.2 Å². The van der Waals surface area contributed by atoms with Crippen molar-refractivity contribution in [2.24, 2.45) is 0 Å². The van der Waals surface area contributed by atoms with E-state index in [0.29, 0.717) is 19.5 Å². The van der Waals surface area contributed by atoms with Crippen molar-refractivity contribution in [3.8, 4) is 0 Å². The molecule has 0 aliphatic heterocycles. The van der Waals surface area contributed by atoms with Gasteiger partial charge in [0.15, 0.2) is 0 Å². The number of hydrogen-bond donors (Lipinski definition) is 2. The molecule has 0 aromatic heterocycles. The third kappa shape index (κ3) is 7.27. The molecule has 2 N–H and O–H groups in total. The van der Waals surface area contributed by atoms with Gasteiger partial charge in [0.1, 0.15) is 0 Å². The van der Waals surface area contributed by atoms with Gasteiger partial charge in [0.2, 0.25) is 6.41 Å². The number of carbonyl (C=O) groups is 2. The van der Waals surface area contributed by atoms with E-state index >= 15 is 0 Å². The van der Waals surface area contributed by atoms with Crippen LogP contribution >= 0.6 is 0 Å². The quantitative estimate of drug-likeness (QED) is 0.399. The van der Waals surface area contributed by atoms with E-state index in [2.05, 4.69) is 5.32 Å². The van der Waals surface area contributed by atoms with Gasteiger partial charge in [-0.2, -0.15) is 0 Å². The molecule has 0 spiro atoms. The van der Waals surface area contributed by atoms with Crippen LogP contribution in [-0.2, 0) is 9.59 Å². The summed E-state index contributed by atoms with van der Waals surface area (Å²) in [6.07, 6.45) is 1.53. The molecule has 0 heterocycles. The minimum Gasteiger partial charge on any atom is -0.480 e. The van der Waals surface area contributed by atoms with Gasteiger partial charge in [0.25, 0.3) is 0 Å². The third-order valence-electron chi connectivity index (χ3n) is 1.55. The first-order valence-corrected chi connectivity index (χ1v) is 4.32. The molecule has 0 fully saturated rings. The molecule has 1 amide bonds. The van der Waals surface area contributed by atoms with E-state index in [1.165, 1.54) is 0 Å². The lowest BCUT2D eigenvalue weighted by molar-refractivity contribution is -0.138. The van der Waals surface area contributed by atoms with Crippen LogP contribution in [0.4, 0.5) is 0 Å². The van der Waals surface area contributed by atoms with Gasteiger partial charge in [-0.25, -0.2) is 0 Å². The molecule has 0 radical (unpaired) electrons. The summed E-state index contributed by atoms with van der Waals surface area (Å²) in [6.45, 7) is 3.85. The van der Waals surface area contributed by atoms with Gasteiger partial charge in [-0.05, 0) is 13.0 Å². The number of carbonyl (C=O) groups excluding carboxylic acids is 1. The van der Waals surface area contributed by atoms with Crippen LogP contribution in [0, 0.1) is 0 Å². The molecule has 0 saturated heterocycles. The number of hydrogen-bond acceptors (Lipinski definition) is 3. The van der Waals surface area contributed by atoms with E-state index in [9.17, 15) is 9.59 Å². The number of amides is 1. The summed E-state index contributed by atoms with van der Waals surface area (Å²) in [5.74, 6) is -0.834. The molecule has 0 aliphatic rings. The molecular weight excluding hydrogens is 172 g/mol. The molecule has 0 aromatic carbocycles. The Morgan fingerprint density at radius 3 is 2.69 bits per heavy atom. The highest BCUT2D eigenvalue weighted by Crippen LogP contribution is 1.89. The SMILES string of the molecule is CCCN(CCNC=O)CC(=O)O. The zero-order chi connectivity index (χ0) is 10.1. The molecular formula is C8H16N2O3. The number of carboxylic acid groups (broad SMARTS) is 1. The third-order valence-corrected chi connectivity index (χ3v) is 1.55. The Morgan fingerprint density at radius 2 is 2.23 bits per heavy atom. The fourth-order valence-electron chi connectivity index (χ4n) is 1.06. The first kappa shape index (κ1) is 11.9. The van der Waals surface area contributed by atoms with Gasteiger partial charge in [-0.3, -0.25) is 14.5 Å². The van der Waals surface area contributed by atoms with Gasteiger partial charge < -0.3 is 10.4 Å². The summed E-state index contributed by atoms with van der Waals surface area (Å²) in [5.41, 5.74) is 0. The Kier molecular flexibility index (Phi) is 6.91. The Morgan fingerprint density at radius 1 is 1.54 bits per heavy atom. The van der Waals surface area contributed by atoms with Crippen LogP contribution in [-0.4, -0.2) is 48.6 Å². The molecule has 0 saturated carbocycles. The Hall–Kier alpha value is -1.10. The standard InChI is InChI=1S/C8H16N2O3/c1-2-4-10(6-8(12)13)5-3-9-7-11/h7H,2-6H2,1H3,(H,9,11)(H,12,13). The van der Waals surface area contributed by atoms with Gasteiger partial charge >= 0.3 is 5.97 Å². The lowest BCUT2D eigenvalue weighted by Gasteiger charge is -2.18. The van der Waals surface area contributed by atoms with Gasteiger partial charge in [-0.15, -0.1) is 0 Å². The first-order valence-electron chi connectivity index (χ1n) is 4.32. The van der Waals surface area contributed by atoms with E-state index in [1.54, 1.807) is 4.90 Å². The molecule has 0 aromatic rings. The van der Waals surface area contributed by atoms with E-state index in [0.717, 1.165) is 13.0 Å². The van der Waals surface area contributed by atoms with Crippen molar-refractivity contribution < 1.29 is 14.7 Å². The molecule has 0 aliphatic carbocycles. The fraction of sp³-hybridized carbons (Fsp3) is 0.750. The van der Waals surface area contributed by atoms with Crippen molar-refractivity contribution in [3.63, 3.8) is 0 Å². The van der Waals surface area contributed by atoms with Gasteiger partial charge in [-0.1, -0.05) is 6.92 Å². The maximum Gasteiger partial charge on any atom is 0.317 e. The van der Waals surface area contributed by atoms with E-state index in [-0.39, 0.29) is 6.54 Å². The summed E-state index contributed by atoms with van der Waals surface area (Å²) in [5, 5.41) is 11.0. The summed E-state index contributed by atoms with van der Waals surface area (Å²) >= 11 is 0. The predicted molar refractivity (Wildman–Crippen MR) is 48.4 cm³/mol. The minimum atomic E-state index is -0.834. The van der Waals surface area contributed by atoms with Crippen molar-refractivity contribution in [3.05, 3.63) is 0 Å². The monoisotopic (exact) mass is 188 g/mol.